The Kier molecular flexibility index (Phi) is 1.65. The van der Waals surface area contributed by atoms with E-state index in [1.807, 2.05) is 3.93 Å². The first-order valence-corrected chi connectivity index (χ1v) is 3.05. The molecule has 0 aromatic carbocycles. The maximum atomic E-state index is 12.1. The van der Waals surface area contributed by atoms with E-state index in [9.17, 15) is 4.39 Å². The number of halogens is 2. The molecule has 0 bridgehead atoms. The number of rotatable bonds is 0. The zero-order valence-corrected chi connectivity index (χ0v) is 5.49. The standard InChI is InChI=1S/C4H7BrFN/c5-7-2-1-4(6)3-7/h4H,1-3H2. The van der Waals surface area contributed by atoms with Crippen molar-refractivity contribution in [1.82, 2.24) is 3.93 Å². The molecule has 0 saturated carbocycles. The number of hydrogen-bond acceptors (Lipinski definition) is 1. The molecule has 0 N–H and O–H groups in total. The summed E-state index contributed by atoms with van der Waals surface area (Å²) in [7, 11) is 0. The lowest BCUT2D eigenvalue weighted by molar-refractivity contribution is 0.351. The Morgan fingerprint density at radius 1 is 1.71 bits per heavy atom. The predicted molar refractivity (Wildman–Crippen MR) is 30.0 cm³/mol. The van der Waals surface area contributed by atoms with Gasteiger partial charge in [-0.15, -0.1) is 0 Å². The lowest BCUT2D eigenvalue weighted by Crippen LogP contribution is -2.06. The highest BCUT2D eigenvalue weighted by Gasteiger charge is 2.18. The minimum Gasteiger partial charge on any atom is -0.246 e. The Hall–Kier alpha value is 0.370. The fourth-order valence-corrected chi connectivity index (χ4v) is 1.20. The SMILES string of the molecule is FC1CCN(Br)C1. The van der Waals surface area contributed by atoms with Crippen LogP contribution in [-0.4, -0.2) is 23.2 Å². The third-order valence-corrected chi connectivity index (χ3v) is 1.73. The Labute approximate surface area is 50.8 Å². The van der Waals surface area contributed by atoms with Crippen molar-refractivity contribution in [2.24, 2.45) is 0 Å². The van der Waals surface area contributed by atoms with Crippen LogP contribution in [0.15, 0.2) is 0 Å². The molecule has 1 saturated heterocycles. The smallest absolute Gasteiger partial charge is 0.115 e. The first kappa shape index (κ1) is 5.51. The maximum Gasteiger partial charge on any atom is 0.115 e. The fourth-order valence-electron chi connectivity index (χ4n) is 0.678. The van der Waals surface area contributed by atoms with Crippen LogP contribution in [-0.2, 0) is 0 Å². The second-order valence-corrected chi connectivity index (χ2v) is 2.76. The van der Waals surface area contributed by atoms with Crippen molar-refractivity contribution in [3.05, 3.63) is 0 Å². The maximum absolute atomic E-state index is 12.1. The van der Waals surface area contributed by atoms with Crippen LogP contribution >= 0.6 is 16.1 Å². The van der Waals surface area contributed by atoms with Gasteiger partial charge in [0.15, 0.2) is 0 Å². The molecule has 0 aromatic heterocycles. The molecule has 3 heteroatoms. The Morgan fingerprint density at radius 3 is 2.57 bits per heavy atom. The first-order valence-electron chi connectivity index (χ1n) is 2.34. The summed E-state index contributed by atoms with van der Waals surface area (Å²) < 4.78 is 13.9. The highest BCUT2D eigenvalue weighted by molar-refractivity contribution is 9.07. The van der Waals surface area contributed by atoms with Crippen molar-refractivity contribution in [2.45, 2.75) is 12.6 Å². The van der Waals surface area contributed by atoms with E-state index in [0.29, 0.717) is 13.0 Å². The molecule has 1 aliphatic rings. The van der Waals surface area contributed by atoms with Gasteiger partial charge in [-0.2, -0.15) is 0 Å². The minimum atomic E-state index is -0.598. The molecular weight excluding hydrogens is 161 g/mol. The van der Waals surface area contributed by atoms with Crippen molar-refractivity contribution in [3.8, 4) is 0 Å². The van der Waals surface area contributed by atoms with Gasteiger partial charge in [0.05, 0.1) is 0 Å². The topological polar surface area (TPSA) is 3.24 Å². The van der Waals surface area contributed by atoms with Gasteiger partial charge in [0, 0.05) is 29.2 Å². The summed E-state index contributed by atoms with van der Waals surface area (Å²) in [5.41, 5.74) is 0. The molecule has 0 aliphatic carbocycles. The van der Waals surface area contributed by atoms with Gasteiger partial charge in [0.25, 0.3) is 0 Å². The van der Waals surface area contributed by atoms with Crippen molar-refractivity contribution < 1.29 is 4.39 Å². The Bertz CT molecular complexity index is 60.7. The second-order valence-electron chi connectivity index (χ2n) is 1.75. The van der Waals surface area contributed by atoms with Crippen molar-refractivity contribution in [3.63, 3.8) is 0 Å². The molecule has 1 fully saturated rings. The summed E-state index contributed by atoms with van der Waals surface area (Å²) in [6.07, 6.45) is 0.0880. The summed E-state index contributed by atoms with van der Waals surface area (Å²) >= 11 is 3.17. The molecule has 1 rings (SSSR count). The van der Waals surface area contributed by atoms with Crippen LogP contribution in [0, 0.1) is 0 Å². The zero-order chi connectivity index (χ0) is 5.28. The van der Waals surface area contributed by atoms with Gasteiger partial charge in [-0.3, -0.25) is 0 Å². The highest BCUT2D eigenvalue weighted by Crippen LogP contribution is 2.14. The van der Waals surface area contributed by atoms with E-state index in [-0.39, 0.29) is 0 Å². The van der Waals surface area contributed by atoms with Gasteiger partial charge in [-0.05, 0) is 6.42 Å². The van der Waals surface area contributed by atoms with E-state index in [0.717, 1.165) is 6.54 Å². The fraction of sp³-hybridized carbons (Fsp3) is 1.00. The molecular formula is C4H7BrFN. The largest absolute Gasteiger partial charge is 0.246 e. The molecule has 1 nitrogen and oxygen atoms in total. The van der Waals surface area contributed by atoms with E-state index in [2.05, 4.69) is 16.1 Å². The van der Waals surface area contributed by atoms with E-state index in [4.69, 9.17) is 0 Å². The molecule has 0 aromatic rings. The van der Waals surface area contributed by atoms with Crippen molar-refractivity contribution >= 4 is 16.1 Å². The minimum absolute atomic E-state index is 0.556. The monoisotopic (exact) mass is 167 g/mol. The number of nitrogens with zero attached hydrogens (tertiary/aromatic N) is 1. The second kappa shape index (κ2) is 2.09. The molecule has 1 unspecified atom stereocenters. The first-order chi connectivity index (χ1) is 3.29. The number of hydrogen-bond donors (Lipinski definition) is 0. The van der Waals surface area contributed by atoms with Gasteiger partial charge in [-0.25, -0.2) is 8.32 Å². The summed E-state index contributed by atoms with van der Waals surface area (Å²) in [6.45, 7) is 1.40. The van der Waals surface area contributed by atoms with Gasteiger partial charge < -0.3 is 0 Å². The molecule has 0 amide bonds. The van der Waals surface area contributed by atoms with E-state index >= 15 is 0 Å². The van der Waals surface area contributed by atoms with Crippen LogP contribution in [0.3, 0.4) is 0 Å². The average Bonchev–Trinajstić information content (AvgIpc) is 1.87. The Morgan fingerprint density at radius 2 is 2.43 bits per heavy atom. The van der Waals surface area contributed by atoms with Crippen LogP contribution in [0.25, 0.3) is 0 Å². The lowest BCUT2D eigenvalue weighted by Gasteiger charge is -1.98. The van der Waals surface area contributed by atoms with Gasteiger partial charge in [0.1, 0.15) is 6.17 Å². The average molecular weight is 168 g/mol. The lowest BCUT2D eigenvalue weighted by atomic mass is 10.4. The van der Waals surface area contributed by atoms with Gasteiger partial charge in [-0.1, -0.05) is 0 Å². The summed E-state index contributed by atoms with van der Waals surface area (Å²) in [5, 5.41) is 0. The molecule has 0 spiro atoms. The molecule has 1 atom stereocenters. The van der Waals surface area contributed by atoms with Crippen molar-refractivity contribution in [2.75, 3.05) is 13.1 Å². The predicted octanol–water partition coefficient (Wildman–Crippen LogP) is 1.34. The van der Waals surface area contributed by atoms with Crippen LogP contribution in [0.4, 0.5) is 4.39 Å². The van der Waals surface area contributed by atoms with Gasteiger partial charge in [0.2, 0.25) is 0 Å². The highest BCUT2D eigenvalue weighted by atomic mass is 79.9. The van der Waals surface area contributed by atoms with Crippen LogP contribution in [0.1, 0.15) is 6.42 Å². The third kappa shape index (κ3) is 1.39. The third-order valence-electron chi connectivity index (χ3n) is 1.08. The Balaban J connectivity index is 2.26. The summed E-state index contributed by atoms with van der Waals surface area (Å²) in [6, 6.07) is 0. The molecule has 1 aliphatic heterocycles. The molecule has 1 heterocycles. The normalized spacial score (nSPS) is 34.3. The van der Waals surface area contributed by atoms with E-state index in [1.54, 1.807) is 0 Å². The molecule has 7 heavy (non-hydrogen) atoms. The van der Waals surface area contributed by atoms with Crippen molar-refractivity contribution in [1.29, 1.82) is 0 Å². The summed E-state index contributed by atoms with van der Waals surface area (Å²) in [4.78, 5) is 0. The molecule has 42 valence electrons. The zero-order valence-electron chi connectivity index (χ0n) is 3.90. The quantitative estimate of drug-likeness (QED) is 0.493. The summed E-state index contributed by atoms with van der Waals surface area (Å²) in [5.74, 6) is 0. The van der Waals surface area contributed by atoms with Crippen LogP contribution in [0.5, 0.6) is 0 Å². The van der Waals surface area contributed by atoms with Crippen LogP contribution in [0.2, 0.25) is 0 Å². The van der Waals surface area contributed by atoms with E-state index < -0.39 is 6.17 Å². The van der Waals surface area contributed by atoms with Crippen LogP contribution < -0.4 is 0 Å². The van der Waals surface area contributed by atoms with Gasteiger partial charge >= 0.3 is 0 Å². The van der Waals surface area contributed by atoms with E-state index in [1.165, 1.54) is 0 Å². The number of alkyl halides is 1. The molecule has 0 radical (unpaired) electrons.